The summed E-state index contributed by atoms with van der Waals surface area (Å²) in [7, 11) is 0. The first-order valence-corrected chi connectivity index (χ1v) is 12.0. The maximum absolute atomic E-state index is 12.7. The first kappa shape index (κ1) is 19.4. The zero-order chi connectivity index (χ0) is 20.5. The van der Waals surface area contributed by atoms with Crippen LogP contribution in [0.5, 0.6) is 0 Å². The zero-order valence-electron chi connectivity index (χ0n) is 16.5. The first-order valence-electron chi connectivity index (χ1n) is 10.4. The van der Waals surface area contributed by atoms with Crippen LogP contribution in [-0.2, 0) is 25.7 Å². The summed E-state index contributed by atoms with van der Waals surface area (Å²) in [5, 5.41) is 7.05. The van der Waals surface area contributed by atoms with Crippen LogP contribution in [0.3, 0.4) is 0 Å². The van der Waals surface area contributed by atoms with Gasteiger partial charge in [0.15, 0.2) is 10.3 Å². The summed E-state index contributed by atoms with van der Waals surface area (Å²) in [5.41, 5.74) is 3.10. The van der Waals surface area contributed by atoms with Crippen molar-refractivity contribution in [1.29, 1.82) is 0 Å². The van der Waals surface area contributed by atoms with Gasteiger partial charge < -0.3 is 0 Å². The molecule has 6 nitrogen and oxygen atoms in total. The summed E-state index contributed by atoms with van der Waals surface area (Å²) >= 11 is 3.11. The van der Waals surface area contributed by atoms with Gasteiger partial charge in [-0.05, 0) is 69.6 Å². The van der Waals surface area contributed by atoms with Gasteiger partial charge in [-0.3, -0.25) is 20.2 Å². The lowest BCUT2D eigenvalue weighted by Crippen LogP contribution is -2.15. The number of hydrogen-bond acceptors (Lipinski definition) is 6. The van der Waals surface area contributed by atoms with Gasteiger partial charge in [0.05, 0.1) is 11.4 Å². The van der Waals surface area contributed by atoms with Crippen molar-refractivity contribution in [1.82, 2.24) is 9.97 Å². The minimum Gasteiger partial charge on any atom is -0.298 e. The highest BCUT2D eigenvalue weighted by Crippen LogP contribution is 2.31. The van der Waals surface area contributed by atoms with Crippen LogP contribution in [0.2, 0.25) is 0 Å². The Balaban J connectivity index is 1.28. The Morgan fingerprint density at radius 2 is 1.20 bits per heavy atom. The highest BCUT2D eigenvalue weighted by Gasteiger charge is 2.19. The van der Waals surface area contributed by atoms with Crippen molar-refractivity contribution in [2.24, 2.45) is 0 Å². The van der Waals surface area contributed by atoms with Crippen LogP contribution in [0, 0.1) is 0 Å². The van der Waals surface area contributed by atoms with E-state index < -0.39 is 0 Å². The minimum atomic E-state index is -0.250. The minimum absolute atomic E-state index is 0.250. The second-order valence-corrected chi connectivity index (χ2v) is 9.85. The SMILES string of the molecule is O=C(Nc1nc2c(s1)CCCC2)c1cccc(C(=O)Nc2nc3c(s2)CCCC3)c1. The third-order valence-electron chi connectivity index (χ3n) is 5.52. The smallest absolute Gasteiger partial charge is 0.257 e. The second-order valence-electron chi connectivity index (χ2n) is 7.68. The van der Waals surface area contributed by atoms with E-state index in [1.165, 1.54) is 22.6 Å². The van der Waals surface area contributed by atoms with Crippen molar-refractivity contribution in [2.45, 2.75) is 51.4 Å². The summed E-state index contributed by atoms with van der Waals surface area (Å²) < 4.78 is 0. The van der Waals surface area contributed by atoms with Gasteiger partial charge in [0.2, 0.25) is 0 Å². The molecule has 0 bridgehead atoms. The molecule has 2 heterocycles. The summed E-state index contributed by atoms with van der Waals surface area (Å²) in [4.78, 5) is 37.1. The van der Waals surface area contributed by atoms with E-state index in [4.69, 9.17) is 0 Å². The fourth-order valence-electron chi connectivity index (χ4n) is 3.95. The van der Waals surface area contributed by atoms with Gasteiger partial charge in [0.25, 0.3) is 11.8 Å². The van der Waals surface area contributed by atoms with E-state index in [-0.39, 0.29) is 11.8 Å². The van der Waals surface area contributed by atoms with Gasteiger partial charge in [-0.25, -0.2) is 9.97 Å². The Morgan fingerprint density at radius 1 is 0.733 bits per heavy atom. The number of benzene rings is 1. The van der Waals surface area contributed by atoms with Crippen LogP contribution in [0.1, 0.15) is 67.5 Å². The highest BCUT2D eigenvalue weighted by molar-refractivity contribution is 7.16. The number of nitrogens with one attached hydrogen (secondary N) is 2. The maximum atomic E-state index is 12.7. The predicted molar refractivity (Wildman–Crippen MR) is 120 cm³/mol. The summed E-state index contributed by atoms with van der Waals surface area (Å²) in [6.07, 6.45) is 8.73. The second kappa shape index (κ2) is 8.28. The summed E-state index contributed by atoms with van der Waals surface area (Å²) in [5.74, 6) is -0.499. The Morgan fingerprint density at radius 3 is 1.67 bits per heavy atom. The molecule has 0 radical (unpaired) electrons. The van der Waals surface area contributed by atoms with Crippen LogP contribution in [-0.4, -0.2) is 21.8 Å². The molecule has 0 fully saturated rings. The fourth-order valence-corrected chi connectivity index (χ4v) is 6.04. The Bertz CT molecular complexity index is 988. The molecule has 2 amide bonds. The van der Waals surface area contributed by atoms with Gasteiger partial charge in [-0.2, -0.15) is 0 Å². The van der Waals surface area contributed by atoms with Crippen LogP contribution < -0.4 is 10.6 Å². The van der Waals surface area contributed by atoms with E-state index in [0.29, 0.717) is 21.4 Å². The molecule has 0 saturated heterocycles. The zero-order valence-corrected chi connectivity index (χ0v) is 18.1. The van der Waals surface area contributed by atoms with Gasteiger partial charge in [-0.1, -0.05) is 6.07 Å². The number of amides is 2. The number of carbonyl (C=O) groups excluding carboxylic acids is 2. The van der Waals surface area contributed by atoms with Crippen molar-refractivity contribution >= 4 is 44.8 Å². The number of hydrogen-bond donors (Lipinski definition) is 2. The van der Waals surface area contributed by atoms with Crippen molar-refractivity contribution in [2.75, 3.05) is 10.6 Å². The molecular formula is C22H22N4O2S2. The molecule has 0 aliphatic heterocycles. The molecule has 0 unspecified atom stereocenters. The van der Waals surface area contributed by atoms with E-state index in [1.807, 2.05) is 0 Å². The van der Waals surface area contributed by atoms with E-state index in [2.05, 4.69) is 20.6 Å². The lowest BCUT2D eigenvalue weighted by atomic mass is 10.0. The number of aryl methyl sites for hydroxylation is 4. The van der Waals surface area contributed by atoms with Crippen molar-refractivity contribution in [3.63, 3.8) is 0 Å². The highest BCUT2D eigenvalue weighted by atomic mass is 32.1. The number of nitrogens with zero attached hydrogens (tertiary/aromatic N) is 2. The number of aromatic nitrogens is 2. The molecule has 3 aromatic rings. The van der Waals surface area contributed by atoms with Crippen LogP contribution in [0.4, 0.5) is 10.3 Å². The Labute approximate surface area is 182 Å². The van der Waals surface area contributed by atoms with Gasteiger partial charge >= 0.3 is 0 Å². The van der Waals surface area contributed by atoms with E-state index in [9.17, 15) is 9.59 Å². The van der Waals surface area contributed by atoms with Crippen molar-refractivity contribution in [3.05, 3.63) is 56.5 Å². The van der Waals surface area contributed by atoms with Gasteiger partial charge in [0.1, 0.15) is 0 Å². The molecule has 0 atom stereocenters. The van der Waals surface area contributed by atoms with Crippen molar-refractivity contribution in [3.8, 4) is 0 Å². The Hall–Kier alpha value is -2.58. The maximum Gasteiger partial charge on any atom is 0.257 e. The Kier molecular flexibility index (Phi) is 5.35. The molecular weight excluding hydrogens is 416 g/mol. The molecule has 1 aromatic carbocycles. The summed E-state index contributed by atoms with van der Waals surface area (Å²) in [6, 6.07) is 6.76. The molecule has 0 saturated carbocycles. The number of rotatable bonds is 4. The number of fused-ring (bicyclic) bond motifs is 2. The molecule has 30 heavy (non-hydrogen) atoms. The largest absolute Gasteiger partial charge is 0.298 e. The lowest BCUT2D eigenvalue weighted by Gasteiger charge is -2.06. The molecule has 5 rings (SSSR count). The molecule has 2 aliphatic carbocycles. The van der Waals surface area contributed by atoms with Crippen LogP contribution in [0.15, 0.2) is 24.3 Å². The molecule has 0 spiro atoms. The molecule has 2 N–H and O–H groups in total. The molecule has 154 valence electrons. The average molecular weight is 439 g/mol. The topological polar surface area (TPSA) is 84.0 Å². The van der Waals surface area contributed by atoms with Gasteiger partial charge in [-0.15, -0.1) is 22.7 Å². The average Bonchev–Trinajstić information content (AvgIpc) is 3.36. The normalized spacial score (nSPS) is 15.2. The first-order chi connectivity index (χ1) is 14.7. The summed E-state index contributed by atoms with van der Waals surface area (Å²) in [6.45, 7) is 0. The molecule has 2 aromatic heterocycles. The number of carbonyl (C=O) groups is 2. The standard InChI is InChI=1S/C22H22N4O2S2/c27-19(25-21-23-15-8-1-3-10-17(15)29-21)13-6-5-7-14(12-13)20(28)26-22-24-16-9-2-4-11-18(16)30-22/h5-7,12H,1-4,8-11H2,(H,23,25,27)(H,24,26,28). The monoisotopic (exact) mass is 438 g/mol. The molecule has 8 heteroatoms. The van der Waals surface area contributed by atoms with Gasteiger partial charge in [0, 0.05) is 20.9 Å². The fraction of sp³-hybridized carbons (Fsp3) is 0.364. The number of anilines is 2. The van der Waals surface area contributed by atoms with E-state index in [0.717, 1.165) is 49.9 Å². The van der Waals surface area contributed by atoms with Crippen LogP contribution in [0.25, 0.3) is 0 Å². The van der Waals surface area contributed by atoms with E-state index in [1.54, 1.807) is 46.9 Å². The third-order valence-corrected chi connectivity index (χ3v) is 7.66. The van der Waals surface area contributed by atoms with Crippen LogP contribution >= 0.6 is 22.7 Å². The lowest BCUT2D eigenvalue weighted by molar-refractivity contribution is 0.102. The predicted octanol–water partition coefficient (Wildman–Crippen LogP) is 4.86. The number of thiazole rings is 2. The molecule has 2 aliphatic rings. The third kappa shape index (κ3) is 4.02. The van der Waals surface area contributed by atoms with Crippen molar-refractivity contribution < 1.29 is 9.59 Å². The quantitative estimate of drug-likeness (QED) is 0.609. The van der Waals surface area contributed by atoms with E-state index >= 15 is 0 Å².